The van der Waals surface area contributed by atoms with Gasteiger partial charge in [-0.1, -0.05) is 69.0 Å². The molecule has 5 nitrogen and oxygen atoms in total. The summed E-state index contributed by atoms with van der Waals surface area (Å²) in [6, 6.07) is 21.9. The lowest BCUT2D eigenvalue weighted by molar-refractivity contribution is -0.178. The van der Waals surface area contributed by atoms with Crippen molar-refractivity contribution in [1.29, 1.82) is 0 Å². The molecule has 0 spiro atoms. The van der Waals surface area contributed by atoms with Gasteiger partial charge in [0.15, 0.2) is 11.5 Å². The summed E-state index contributed by atoms with van der Waals surface area (Å²) < 4.78 is 6.27. The zero-order valence-corrected chi connectivity index (χ0v) is 19.1. The van der Waals surface area contributed by atoms with Crippen molar-refractivity contribution in [2.75, 3.05) is 20.8 Å². The first kappa shape index (κ1) is 23.6. The Morgan fingerprint density at radius 1 is 0.594 bits per heavy atom. The Balaban J connectivity index is 1.82. The van der Waals surface area contributed by atoms with Gasteiger partial charge < -0.3 is 14.5 Å². The highest BCUT2D eigenvalue weighted by Crippen LogP contribution is 2.35. The van der Waals surface area contributed by atoms with E-state index in [1.165, 1.54) is 39.9 Å². The number of ether oxygens (including phenoxy) is 1. The van der Waals surface area contributed by atoms with Gasteiger partial charge in [0.25, 0.3) is 0 Å². The van der Waals surface area contributed by atoms with E-state index in [4.69, 9.17) is 24.3 Å². The quantitative estimate of drug-likeness (QED) is 0.160. The summed E-state index contributed by atoms with van der Waals surface area (Å²) in [6.45, 7) is 2.93. The fourth-order valence-electron chi connectivity index (χ4n) is 3.53. The molecule has 3 rings (SSSR count). The predicted molar refractivity (Wildman–Crippen MR) is 127 cm³/mol. The van der Waals surface area contributed by atoms with E-state index in [1.807, 2.05) is 48.5 Å². The third kappa shape index (κ3) is 6.74. The maximum atomic E-state index is 6.27. The van der Waals surface area contributed by atoms with Crippen LogP contribution in [0.5, 0.6) is 17.2 Å². The van der Waals surface area contributed by atoms with E-state index >= 15 is 0 Å². The Labute approximate surface area is 190 Å². The van der Waals surface area contributed by atoms with Gasteiger partial charge in [-0.2, -0.15) is 9.78 Å². The lowest BCUT2D eigenvalue weighted by Crippen LogP contribution is -1.99. The van der Waals surface area contributed by atoms with Crippen LogP contribution in [0.1, 0.15) is 39.0 Å². The van der Waals surface area contributed by atoms with E-state index < -0.39 is 0 Å². The largest absolute Gasteiger partial charge is 0.493 e. The van der Waals surface area contributed by atoms with Gasteiger partial charge in [0.05, 0.1) is 20.8 Å². The molecule has 0 atom stereocenters. The van der Waals surface area contributed by atoms with Crippen LogP contribution in [0.15, 0.2) is 66.7 Å². The first-order valence-corrected chi connectivity index (χ1v) is 11.1. The molecule has 0 aliphatic heterocycles. The summed E-state index contributed by atoms with van der Waals surface area (Å²) in [5.41, 5.74) is 4.27. The Hall–Kier alpha value is -3.02. The van der Waals surface area contributed by atoms with Crippen LogP contribution in [0.2, 0.25) is 0 Å². The van der Waals surface area contributed by atoms with Gasteiger partial charge in [0, 0.05) is 5.56 Å². The zero-order valence-electron chi connectivity index (χ0n) is 19.1. The lowest BCUT2D eigenvalue weighted by Gasteiger charge is -2.14. The first-order valence-electron chi connectivity index (χ1n) is 11.1. The van der Waals surface area contributed by atoms with Crippen LogP contribution in [0, 0.1) is 0 Å². The molecule has 5 heteroatoms. The number of hydrogen-bond donors (Lipinski definition) is 0. The molecular weight excluding hydrogens is 404 g/mol. The third-order valence-electron chi connectivity index (χ3n) is 5.20. The van der Waals surface area contributed by atoms with Crippen molar-refractivity contribution in [3.63, 3.8) is 0 Å². The van der Waals surface area contributed by atoms with Crippen molar-refractivity contribution in [2.45, 2.75) is 39.0 Å². The molecule has 0 aromatic heterocycles. The summed E-state index contributed by atoms with van der Waals surface area (Å²) in [7, 11) is 2.99. The van der Waals surface area contributed by atoms with E-state index in [0.717, 1.165) is 34.4 Å². The molecule has 0 bridgehead atoms. The summed E-state index contributed by atoms with van der Waals surface area (Å²) in [4.78, 5) is 19.6. The van der Waals surface area contributed by atoms with E-state index in [1.54, 1.807) is 0 Å². The lowest BCUT2D eigenvalue weighted by atomic mass is 9.99. The summed E-state index contributed by atoms with van der Waals surface area (Å²) in [5.74, 6) is 2.19. The molecule has 170 valence electrons. The van der Waals surface area contributed by atoms with Gasteiger partial charge in [0.1, 0.15) is 5.75 Å². The Kier molecular flexibility index (Phi) is 9.41. The Bertz CT molecular complexity index is 935. The Morgan fingerprint density at radius 2 is 1.16 bits per heavy atom. The highest BCUT2D eigenvalue weighted by Gasteiger charge is 2.10. The van der Waals surface area contributed by atoms with Crippen LogP contribution >= 0.6 is 0 Å². The second-order valence-corrected chi connectivity index (χ2v) is 7.52. The van der Waals surface area contributed by atoms with Crippen LogP contribution in [0.4, 0.5) is 0 Å². The van der Waals surface area contributed by atoms with E-state index in [-0.39, 0.29) is 0 Å². The molecule has 0 aliphatic carbocycles. The van der Waals surface area contributed by atoms with Crippen LogP contribution in [0.25, 0.3) is 22.3 Å². The maximum Gasteiger partial charge on any atom is 0.165 e. The average Bonchev–Trinajstić information content (AvgIpc) is 2.83. The summed E-state index contributed by atoms with van der Waals surface area (Å²) in [5, 5.41) is 0. The molecule has 32 heavy (non-hydrogen) atoms. The molecule has 0 amide bonds. The number of benzene rings is 3. The molecule has 3 aromatic rings. The molecular formula is C27H32O5. The van der Waals surface area contributed by atoms with Crippen molar-refractivity contribution < 1.29 is 24.3 Å². The topological polar surface area (TPSA) is 46.2 Å². The van der Waals surface area contributed by atoms with Crippen LogP contribution < -0.4 is 14.5 Å². The van der Waals surface area contributed by atoms with Gasteiger partial charge in [-0.25, -0.2) is 0 Å². The highest BCUT2D eigenvalue weighted by molar-refractivity contribution is 5.76. The van der Waals surface area contributed by atoms with Gasteiger partial charge >= 0.3 is 0 Å². The van der Waals surface area contributed by atoms with Gasteiger partial charge in [-0.15, -0.1) is 0 Å². The van der Waals surface area contributed by atoms with Gasteiger partial charge in [-0.05, 0) is 53.4 Å². The smallest absolute Gasteiger partial charge is 0.165 e. The van der Waals surface area contributed by atoms with Crippen LogP contribution in [-0.2, 0) is 9.78 Å². The van der Waals surface area contributed by atoms with Gasteiger partial charge in [-0.3, -0.25) is 0 Å². The number of rotatable bonds is 13. The van der Waals surface area contributed by atoms with Crippen molar-refractivity contribution in [3.05, 3.63) is 66.7 Å². The monoisotopic (exact) mass is 436 g/mol. The minimum absolute atomic E-state index is 0.657. The minimum Gasteiger partial charge on any atom is -0.493 e. The fraction of sp³-hybridized carbons (Fsp3) is 0.333. The van der Waals surface area contributed by atoms with Crippen molar-refractivity contribution in [2.24, 2.45) is 0 Å². The second kappa shape index (κ2) is 12.7. The highest BCUT2D eigenvalue weighted by atomic mass is 17.2. The molecule has 0 aliphatic rings. The molecule has 0 saturated carbocycles. The third-order valence-corrected chi connectivity index (χ3v) is 5.20. The minimum atomic E-state index is 0.657. The van der Waals surface area contributed by atoms with Gasteiger partial charge in [0.2, 0.25) is 0 Å². The normalized spacial score (nSPS) is 10.7. The molecule has 3 aromatic carbocycles. The second-order valence-electron chi connectivity index (χ2n) is 7.52. The zero-order chi connectivity index (χ0) is 22.6. The average molecular weight is 437 g/mol. The molecule has 0 unspecified atom stereocenters. The van der Waals surface area contributed by atoms with E-state index in [9.17, 15) is 0 Å². The Morgan fingerprint density at radius 3 is 1.75 bits per heavy atom. The number of hydrogen-bond acceptors (Lipinski definition) is 5. The summed E-state index contributed by atoms with van der Waals surface area (Å²) in [6.07, 6.45) is 6.01. The SMILES string of the molecule is CCCCCCCOc1cc(-c2ccc(OOC)cc2)ccc1-c1ccc(OOC)cc1. The molecule has 0 heterocycles. The molecule has 0 fully saturated rings. The predicted octanol–water partition coefficient (Wildman–Crippen LogP) is 7.25. The number of unbranched alkanes of at least 4 members (excludes halogenated alkanes) is 4. The van der Waals surface area contributed by atoms with Crippen molar-refractivity contribution >= 4 is 0 Å². The van der Waals surface area contributed by atoms with E-state index in [2.05, 4.69) is 25.1 Å². The summed E-state index contributed by atoms with van der Waals surface area (Å²) >= 11 is 0. The first-order chi connectivity index (χ1) is 15.7. The van der Waals surface area contributed by atoms with E-state index in [0.29, 0.717) is 18.1 Å². The van der Waals surface area contributed by atoms with Crippen molar-refractivity contribution in [1.82, 2.24) is 0 Å². The molecule has 0 N–H and O–H groups in total. The maximum absolute atomic E-state index is 6.27. The fourth-order valence-corrected chi connectivity index (χ4v) is 3.53. The molecule has 0 saturated heterocycles. The van der Waals surface area contributed by atoms with Crippen LogP contribution in [0.3, 0.4) is 0 Å². The van der Waals surface area contributed by atoms with Crippen molar-refractivity contribution in [3.8, 4) is 39.5 Å². The standard InChI is InChI=1S/C27H32O5/c1-4-5-6-7-8-19-30-27-20-23(21-9-14-24(15-10-21)31-28-2)13-18-26(27)22-11-16-25(17-12-22)32-29-3/h9-18,20H,4-8,19H2,1-3H3. The molecule has 0 radical (unpaired) electrons. The van der Waals surface area contributed by atoms with Crippen LogP contribution in [-0.4, -0.2) is 20.8 Å².